The molecule has 0 fully saturated rings. The van der Waals surface area contributed by atoms with E-state index in [1.54, 1.807) is 0 Å². The molecule has 0 aliphatic carbocycles. The van der Waals surface area contributed by atoms with Crippen molar-refractivity contribution in [2.45, 2.75) is 32.0 Å². The second kappa shape index (κ2) is 8.91. The Bertz CT molecular complexity index is 179. The molecule has 0 saturated heterocycles. The van der Waals surface area contributed by atoms with E-state index in [4.69, 9.17) is 25.3 Å². The van der Waals surface area contributed by atoms with Crippen molar-refractivity contribution >= 4 is 27.8 Å². The molecular formula is C6H12ClNO2Si2. The highest BCUT2D eigenvalue weighted by atomic mass is 35.6. The fourth-order valence-corrected chi connectivity index (χ4v) is 2.01. The Morgan fingerprint density at radius 3 is 2.17 bits per heavy atom. The van der Waals surface area contributed by atoms with Crippen LogP contribution in [0.4, 0.5) is 0 Å². The van der Waals surface area contributed by atoms with Crippen molar-refractivity contribution < 1.29 is 8.92 Å². The van der Waals surface area contributed by atoms with Gasteiger partial charge in [-0.2, -0.15) is 16.3 Å². The summed E-state index contributed by atoms with van der Waals surface area (Å²) in [6, 6.07) is 3.16. The standard InChI is InChI=1S/C6H12ClNSi.O2Si/c1-9(2,7)6-4-3-5-8;1-3-2/h3-4,6H2,1-2H3;. The molecule has 0 aromatic carbocycles. The molecule has 0 rings (SSSR count). The first-order chi connectivity index (χ1) is 5.47. The van der Waals surface area contributed by atoms with E-state index in [-0.39, 0.29) is 0 Å². The van der Waals surface area contributed by atoms with Gasteiger partial charge in [-0.3, -0.25) is 8.92 Å². The summed E-state index contributed by atoms with van der Waals surface area (Å²) < 4.78 is 16.8. The van der Waals surface area contributed by atoms with E-state index in [9.17, 15) is 0 Å². The average Bonchev–Trinajstić information content (AvgIpc) is 1.87. The Balaban J connectivity index is 0. The molecule has 68 valence electrons. The van der Waals surface area contributed by atoms with Gasteiger partial charge in [0.25, 0.3) is 0 Å². The molecule has 0 aromatic heterocycles. The van der Waals surface area contributed by atoms with Crippen molar-refractivity contribution in [1.82, 2.24) is 0 Å². The van der Waals surface area contributed by atoms with Gasteiger partial charge in [-0.05, 0) is 12.5 Å². The van der Waals surface area contributed by atoms with Crippen molar-refractivity contribution in [3.63, 3.8) is 0 Å². The summed E-state index contributed by atoms with van der Waals surface area (Å²) >= 11 is 6.00. The smallest absolute Gasteiger partial charge is 0.274 e. The van der Waals surface area contributed by atoms with Gasteiger partial charge in [-0.1, -0.05) is 13.1 Å². The van der Waals surface area contributed by atoms with E-state index >= 15 is 0 Å². The van der Waals surface area contributed by atoms with Crippen molar-refractivity contribution in [2.24, 2.45) is 0 Å². The summed E-state index contributed by atoms with van der Waals surface area (Å²) in [5.41, 5.74) is 0. The van der Waals surface area contributed by atoms with E-state index in [1.807, 2.05) is 0 Å². The Hall–Kier alpha value is -0.186. The van der Waals surface area contributed by atoms with Crippen LogP contribution >= 0.6 is 11.1 Å². The predicted octanol–water partition coefficient (Wildman–Crippen LogP) is 2.12. The van der Waals surface area contributed by atoms with Crippen LogP contribution in [-0.2, 0) is 8.92 Å². The normalized spacial score (nSPS) is 8.83. The molecule has 0 spiro atoms. The lowest BCUT2D eigenvalue weighted by atomic mass is 10.4. The fraction of sp³-hybridized carbons (Fsp3) is 0.833. The molecule has 0 radical (unpaired) electrons. The molecule has 12 heavy (non-hydrogen) atoms. The quantitative estimate of drug-likeness (QED) is 0.417. The van der Waals surface area contributed by atoms with E-state index in [0.717, 1.165) is 12.5 Å². The maximum Gasteiger partial charge on any atom is 0.549 e. The van der Waals surface area contributed by atoms with Crippen molar-refractivity contribution in [2.75, 3.05) is 0 Å². The average molecular weight is 222 g/mol. The molecule has 0 atom stereocenters. The van der Waals surface area contributed by atoms with E-state index in [0.29, 0.717) is 6.42 Å². The minimum Gasteiger partial charge on any atom is -0.274 e. The van der Waals surface area contributed by atoms with Crippen molar-refractivity contribution in [1.29, 1.82) is 5.26 Å². The van der Waals surface area contributed by atoms with Gasteiger partial charge in [0.05, 0.1) is 6.07 Å². The van der Waals surface area contributed by atoms with Crippen LogP contribution in [-0.4, -0.2) is 16.7 Å². The predicted molar refractivity (Wildman–Crippen MR) is 50.1 cm³/mol. The Morgan fingerprint density at radius 1 is 1.50 bits per heavy atom. The molecule has 0 unspecified atom stereocenters. The Morgan fingerprint density at radius 2 is 1.92 bits per heavy atom. The molecule has 0 aromatic rings. The third-order valence-corrected chi connectivity index (χ3v) is 3.17. The van der Waals surface area contributed by atoms with E-state index in [2.05, 4.69) is 19.2 Å². The molecule has 0 aliphatic heterocycles. The van der Waals surface area contributed by atoms with Crippen LogP contribution in [0.3, 0.4) is 0 Å². The van der Waals surface area contributed by atoms with Crippen LogP contribution in [0.1, 0.15) is 12.8 Å². The molecule has 6 heteroatoms. The zero-order chi connectivity index (χ0) is 10.0. The van der Waals surface area contributed by atoms with Gasteiger partial charge >= 0.3 is 9.29 Å². The first kappa shape index (κ1) is 14.3. The van der Waals surface area contributed by atoms with Crippen LogP contribution in [0.5, 0.6) is 0 Å². The third-order valence-electron chi connectivity index (χ3n) is 1.06. The molecule has 0 N–H and O–H groups in total. The summed E-state index contributed by atoms with van der Waals surface area (Å²) in [7, 11) is -2.79. The number of rotatable bonds is 3. The van der Waals surface area contributed by atoms with Gasteiger partial charge in [-0.15, -0.1) is 0 Å². The van der Waals surface area contributed by atoms with Gasteiger partial charge in [-0.25, -0.2) is 0 Å². The fourth-order valence-electron chi connectivity index (χ4n) is 0.588. The molecule has 0 aliphatic rings. The number of unbranched alkanes of at least 4 members (excludes halogenated alkanes) is 1. The van der Waals surface area contributed by atoms with Gasteiger partial charge in [0.2, 0.25) is 0 Å². The van der Waals surface area contributed by atoms with Crippen LogP contribution in [0, 0.1) is 11.3 Å². The minimum absolute atomic E-state index is 0.656. The Labute approximate surface area is 80.4 Å². The lowest BCUT2D eigenvalue weighted by Gasteiger charge is -2.09. The summed E-state index contributed by atoms with van der Waals surface area (Å²) in [4.78, 5) is 0. The summed E-state index contributed by atoms with van der Waals surface area (Å²) in [5.74, 6) is 0. The minimum atomic E-state index is -1.42. The highest BCUT2D eigenvalue weighted by Crippen LogP contribution is 2.16. The summed E-state index contributed by atoms with van der Waals surface area (Å²) in [6.07, 6.45) is 1.63. The molecule has 3 nitrogen and oxygen atoms in total. The third kappa shape index (κ3) is 22.6. The first-order valence-corrected chi connectivity index (χ1v) is 8.56. The second-order valence-electron chi connectivity index (χ2n) is 2.81. The first-order valence-electron chi connectivity index (χ1n) is 3.53. The molecule has 0 heterocycles. The highest BCUT2D eigenvalue weighted by Gasteiger charge is 2.15. The summed E-state index contributed by atoms with van der Waals surface area (Å²) in [6.45, 7) is 4.21. The van der Waals surface area contributed by atoms with Crippen LogP contribution < -0.4 is 0 Å². The van der Waals surface area contributed by atoms with Crippen molar-refractivity contribution in [3.8, 4) is 6.07 Å². The molecule has 0 bridgehead atoms. The monoisotopic (exact) mass is 221 g/mol. The number of hydrogen-bond donors (Lipinski definition) is 0. The number of nitriles is 1. The Kier molecular flexibility index (Phi) is 10.6. The zero-order valence-corrected chi connectivity index (χ0v) is 10.0. The van der Waals surface area contributed by atoms with E-state index < -0.39 is 16.7 Å². The maximum absolute atomic E-state index is 8.40. The van der Waals surface area contributed by atoms with Crippen LogP contribution in [0.25, 0.3) is 0 Å². The number of hydrogen-bond acceptors (Lipinski definition) is 3. The lowest BCUT2D eigenvalue weighted by Crippen LogP contribution is -2.14. The number of halogens is 1. The molecule has 0 amide bonds. The van der Waals surface area contributed by atoms with Crippen LogP contribution in [0.15, 0.2) is 0 Å². The maximum atomic E-state index is 8.40. The van der Waals surface area contributed by atoms with Gasteiger partial charge in [0.1, 0.15) is 0 Å². The van der Waals surface area contributed by atoms with Crippen LogP contribution in [0.2, 0.25) is 19.1 Å². The largest absolute Gasteiger partial charge is 0.549 e. The molecular weight excluding hydrogens is 210 g/mol. The van der Waals surface area contributed by atoms with Gasteiger partial charge in [0.15, 0.2) is 7.38 Å². The lowest BCUT2D eigenvalue weighted by molar-refractivity contribution is 0.497. The SMILES string of the molecule is C[Si](C)(Cl)CCCC#N.O=[Si]=O. The van der Waals surface area contributed by atoms with Crippen molar-refractivity contribution in [3.05, 3.63) is 0 Å². The van der Waals surface area contributed by atoms with E-state index in [1.165, 1.54) is 0 Å². The summed E-state index contributed by atoms with van der Waals surface area (Å²) in [5, 5.41) is 8.19. The van der Waals surface area contributed by atoms with Gasteiger partial charge < -0.3 is 0 Å². The second-order valence-corrected chi connectivity index (χ2v) is 9.99. The molecule has 0 saturated carbocycles. The number of nitrogens with zero attached hydrogens (tertiary/aromatic N) is 1. The van der Waals surface area contributed by atoms with Gasteiger partial charge in [0, 0.05) is 6.42 Å². The zero-order valence-electron chi connectivity index (χ0n) is 7.26. The highest BCUT2D eigenvalue weighted by molar-refractivity contribution is 7.19. The topological polar surface area (TPSA) is 57.9 Å².